The summed E-state index contributed by atoms with van der Waals surface area (Å²) in [4.78, 5) is 4.87. The molecule has 0 aromatic carbocycles. The molecule has 1 heterocycles. The third kappa shape index (κ3) is 4.09. The first kappa shape index (κ1) is 12.9. The normalized spacial score (nSPS) is 25.0. The quantitative estimate of drug-likeness (QED) is 0.661. The number of nitrogens with zero attached hydrogens (tertiary/aromatic N) is 2. The summed E-state index contributed by atoms with van der Waals surface area (Å²) in [5.74, 6) is 0.877. The number of nitrogens with one attached hydrogen (secondary N) is 1. The largest absolute Gasteiger partial charge is 0.320 e. The molecule has 90 valence electrons. The average molecular weight is 213 g/mol. The van der Waals surface area contributed by atoms with E-state index in [2.05, 4.69) is 36.3 Å². The highest BCUT2D eigenvalue weighted by Crippen LogP contribution is 2.23. The first-order valence-electron chi connectivity index (χ1n) is 6.14. The van der Waals surface area contributed by atoms with Crippen molar-refractivity contribution >= 4 is 0 Å². The van der Waals surface area contributed by atoms with Crippen molar-refractivity contribution < 1.29 is 0 Å². The highest BCUT2D eigenvalue weighted by atomic mass is 15.2. The van der Waals surface area contributed by atoms with Gasteiger partial charge in [-0.15, -0.1) is 0 Å². The second-order valence-corrected chi connectivity index (χ2v) is 5.09. The molecule has 0 radical (unpaired) electrons. The van der Waals surface area contributed by atoms with Crippen LogP contribution < -0.4 is 5.32 Å². The van der Waals surface area contributed by atoms with Gasteiger partial charge in [0.25, 0.3) is 0 Å². The molecule has 3 nitrogen and oxygen atoms in total. The van der Waals surface area contributed by atoms with Gasteiger partial charge in [-0.3, -0.25) is 0 Å². The Labute approximate surface area is 94.8 Å². The summed E-state index contributed by atoms with van der Waals surface area (Å²) in [6.45, 7) is 3.70. The number of hydrogen-bond acceptors (Lipinski definition) is 3. The van der Waals surface area contributed by atoms with Gasteiger partial charge in [-0.25, -0.2) is 0 Å². The minimum Gasteiger partial charge on any atom is -0.320 e. The van der Waals surface area contributed by atoms with Gasteiger partial charge >= 0.3 is 0 Å². The number of likely N-dealkylation sites (tertiary alicyclic amines) is 1. The lowest BCUT2D eigenvalue weighted by Crippen LogP contribution is -2.37. The van der Waals surface area contributed by atoms with E-state index in [0.717, 1.165) is 18.5 Å². The maximum Gasteiger partial charge on any atom is 0.0131 e. The van der Waals surface area contributed by atoms with Crippen molar-refractivity contribution in [3.05, 3.63) is 0 Å². The molecular formula is C12H27N3. The van der Waals surface area contributed by atoms with Gasteiger partial charge in [0.1, 0.15) is 0 Å². The number of hydrogen-bond donors (Lipinski definition) is 1. The molecule has 1 fully saturated rings. The lowest BCUT2D eigenvalue weighted by Gasteiger charge is -2.30. The van der Waals surface area contributed by atoms with E-state index in [0.29, 0.717) is 0 Å². The summed E-state index contributed by atoms with van der Waals surface area (Å²) in [6.07, 6.45) is 3.99. The summed E-state index contributed by atoms with van der Waals surface area (Å²) in [6, 6.07) is 0.767. The Balaban J connectivity index is 2.36. The zero-order chi connectivity index (χ0) is 11.3. The van der Waals surface area contributed by atoms with E-state index in [-0.39, 0.29) is 0 Å². The van der Waals surface area contributed by atoms with Crippen LogP contribution in [0.25, 0.3) is 0 Å². The van der Waals surface area contributed by atoms with Gasteiger partial charge in [0.2, 0.25) is 0 Å². The first-order chi connectivity index (χ1) is 7.15. The monoisotopic (exact) mass is 213 g/mol. The van der Waals surface area contributed by atoms with Crippen molar-refractivity contribution in [2.45, 2.75) is 25.3 Å². The number of rotatable bonds is 6. The summed E-state index contributed by atoms with van der Waals surface area (Å²) in [5.41, 5.74) is 0. The molecule has 1 rings (SSSR count). The van der Waals surface area contributed by atoms with Gasteiger partial charge in [0.15, 0.2) is 0 Å². The van der Waals surface area contributed by atoms with E-state index in [4.69, 9.17) is 0 Å². The zero-order valence-electron chi connectivity index (χ0n) is 10.8. The van der Waals surface area contributed by atoms with Crippen molar-refractivity contribution in [1.29, 1.82) is 0 Å². The van der Waals surface area contributed by atoms with Crippen LogP contribution in [0.3, 0.4) is 0 Å². The predicted octanol–water partition coefficient (Wildman–Crippen LogP) is 0.868. The molecular weight excluding hydrogens is 186 g/mol. The standard InChI is InChI=1S/C12H27N3/c1-13-8-5-6-12(14(2)3)11-7-9-15(4)10-11/h11-13H,5-10H2,1-4H3. The van der Waals surface area contributed by atoms with E-state index in [1.807, 2.05) is 7.05 Å². The van der Waals surface area contributed by atoms with Crippen LogP contribution in [0.4, 0.5) is 0 Å². The van der Waals surface area contributed by atoms with Crippen LogP contribution in [-0.2, 0) is 0 Å². The maximum absolute atomic E-state index is 3.23. The molecule has 1 aliphatic heterocycles. The fourth-order valence-corrected chi connectivity index (χ4v) is 2.69. The van der Waals surface area contributed by atoms with Gasteiger partial charge in [0, 0.05) is 12.6 Å². The topological polar surface area (TPSA) is 18.5 Å². The van der Waals surface area contributed by atoms with Crippen LogP contribution in [0.2, 0.25) is 0 Å². The molecule has 0 aromatic rings. The van der Waals surface area contributed by atoms with Gasteiger partial charge in [0.05, 0.1) is 0 Å². The second kappa shape index (κ2) is 6.46. The minimum atomic E-state index is 0.767. The van der Waals surface area contributed by atoms with Crippen molar-refractivity contribution in [3.8, 4) is 0 Å². The molecule has 0 bridgehead atoms. The van der Waals surface area contributed by atoms with Crippen LogP contribution >= 0.6 is 0 Å². The fraction of sp³-hybridized carbons (Fsp3) is 1.00. The Bertz CT molecular complexity index is 170. The van der Waals surface area contributed by atoms with Crippen LogP contribution in [-0.4, -0.2) is 63.7 Å². The molecule has 1 aliphatic rings. The van der Waals surface area contributed by atoms with Gasteiger partial charge in [-0.1, -0.05) is 0 Å². The Hall–Kier alpha value is -0.120. The third-order valence-electron chi connectivity index (χ3n) is 3.56. The van der Waals surface area contributed by atoms with E-state index in [1.54, 1.807) is 0 Å². The molecule has 2 unspecified atom stereocenters. The van der Waals surface area contributed by atoms with Gasteiger partial charge < -0.3 is 15.1 Å². The maximum atomic E-state index is 3.23. The molecule has 0 spiro atoms. The third-order valence-corrected chi connectivity index (χ3v) is 3.56. The molecule has 3 heteroatoms. The van der Waals surface area contributed by atoms with Crippen LogP contribution in [0.15, 0.2) is 0 Å². The van der Waals surface area contributed by atoms with E-state index < -0.39 is 0 Å². The molecule has 0 aromatic heterocycles. The molecule has 2 atom stereocenters. The van der Waals surface area contributed by atoms with Gasteiger partial charge in [-0.05, 0) is 66.5 Å². The van der Waals surface area contributed by atoms with E-state index >= 15 is 0 Å². The second-order valence-electron chi connectivity index (χ2n) is 5.09. The average Bonchev–Trinajstić information content (AvgIpc) is 2.59. The van der Waals surface area contributed by atoms with Gasteiger partial charge in [-0.2, -0.15) is 0 Å². The minimum absolute atomic E-state index is 0.767. The van der Waals surface area contributed by atoms with Crippen molar-refractivity contribution in [3.63, 3.8) is 0 Å². The summed E-state index contributed by atoms with van der Waals surface area (Å²) >= 11 is 0. The Morgan fingerprint density at radius 1 is 1.47 bits per heavy atom. The lowest BCUT2D eigenvalue weighted by atomic mass is 9.94. The van der Waals surface area contributed by atoms with Crippen LogP contribution in [0, 0.1) is 5.92 Å². The molecule has 0 aliphatic carbocycles. The van der Waals surface area contributed by atoms with Crippen LogP contribution in [0.1, 0.15) is 19.3 Å². The van der Waals surface area contributed by atoms with E-state index in [9.17, 15) is 0 Å². The Kier molecular flexibility index (Phi) is 5.58. The summed E-state index contributed by atoms with van der Waals surface area (Å²) in [5, 5.41) is 3.23. The van der Waals surface area contributed by atoms with Crippen molar-refractivity contribution in [2.75, 3.05) is 47.8 Å². The SMILES string of the molecule is CNCCCC(C1CCN(C)C1)N(C)C. The summed E-state index contributed by atoms with van der Waals surface area (Å²) in [7, 11) is 8.72. The molecule has 0 saturated carbocycles. The molecule has 1 saturated heterocycles. The fourth-order valence-electron chi connectivity index (χ4n) is 2.69. The van der Waals surface area contributed by atoms with Crippen molar-refractivity contribution in [2.24, 2.45) is 5.92 Å². The smallest absolute Gasteiger partial charge is 0.0131 e. The zero-order valence-corrected chi connectivity index (χ0v) is 10.8. The summed E-state index contributed by atoms with van der Waals surface area (Å²) < 4.78 is 0. The van der Waals surface area contributed by atoms with Crippen molar-refractivity contribution in [1.82, 2.24) is 15.1 Å². The molecule has 0 amide bonds. The Morgan fingerprint density at radius 2 is 2.20 bits per heavy atom. The van der Waals surface area contributed by atoms with Crippen LogP contribution in [0.5, 0.6) is 0 Å². The highest BCUT2D eigenvalue weighted by Gasteiger charge is 2.28. The molecule has 1 N–H and O–H groups in total. The first-order valence-corrected chi connectivity index (χ1v) is 6.14. The van der Waals surface area contributed by atoms with E-state index in [1.165, 1.54) is 32.4 Å². The molecule has 15 heavy (non-hydrogen) atoms. The highest BCUT2D eigenvalue weighted by molar-refractivity contribution is 4.83. The predicted molar refractivity (Wildman–Crippen MR) is 66.2 cm³/mol. The Morgan fingerprint density at radius 3 is 2.67 bits per heavy atom. The lowest BCUT2D eigenvalue weighted by molar-refractivity contribution is 0.195.